The van der Waals surface area contributed by atoms with Crippen LogP contribution in [-0.4, -0.2) is 15.5 Å². The summed E-state index contributed by atoms with van der Waals surface area (Å²) in [6, 6.07) is 7.58. The molecule has 1 aromatic carbocycles. The average Bonchev–Trinajstić information content (AvgIpc) is 3.12. The van der Waals surface area contributed by atoms with Crippen LogP contribution in [0.5, 0.6) is 0 Å². The fraction of sp³-hybridized carbons (Fsp3) is 0.500. The van der Waals surface area contributed by atoms with Crippen molar-refractivity contribution in [2.75, 3.05) is 0 Å². The number of hydrogen-bond donors (Lipinski definition) is 0. The second-order valence-electron chi connectivity index (χ2n) is 6.59. The maximum atomic E-state index is 14.8. The Morgan fingerprint density at radius 2 is 1.91 bits per heavy atom. The number of alkyl halides is 2. The van der Waals surface area contributed by atoms with Crippen molar-refractivity contribution in [3.05, 3.63) is 42.4 Å². The van der Waals surface area contributed by atoms with E-state index in [1.54, 1.807) is 12.5 Å². The Balaban J connectivity index is 1.65. The summed E-state index contributed by atoms with van der Waals surface area (Å²) in [5.41, 5.74) is 3.01. The van der Waals surface area contributed by atoms with Gasteiger partial charge in [0, 0.05) is 17.9 Å². The van der Waals surface area contributed by atoms with Crippen LogP contribution >= 0.6 is 0 Å². The highest BCUT2D eigenvalue weighted by molar-refractivity contribution is 5.68. The fourth-order valence-corrected chi connectivity index (χ4v) is 4.09. The van der Waals surface area contributed by atoms with Gasteiger partial charge in [-0.25, -0.2) is 13.8 Å². The summed E-state index contributed by atoms with van der Waals surface area (Å²) in [7, 11) is 0. The van der Waals surface area contributed by atoms with E-state index in [2.05, 4.69) is 4.98 Å². The van der Waals surface area contributed by atoms with Crippen LogP contribution in [0.25, 0.3) is 11.3 Å². The molecule has 22 heavy (non-hydrogen) atoms. The van der Waals surface area contributed by atoms with E-state index in [0.29, 0.717) is 12.8 Å². The van der Waals surface area contributed by atoms with Gasteiger partial charge in [-0.1, -0.05) is 43.5 Å². The highest BCUT2D eigenvalue weighted by atomic mass is 19.3. The molecule has 1 aliphatic carbocycles. The van der Waals surface area contributed by atoms with Crippen molar-refractivity contribution >= 4 is 0 Å². The number of aromatic nitrogens is 2. The molecule has 1 aromatic heterocycles. The van der Waals surface area contributed by atoms with E-state index >= 15 is 0 Å². The lowest BCUT2D eigenvalue weighted by Gasteiger charge is -2.32. The molecule has 0 saturated heterocycles. The van der Waals surface area contributed by atoms with Crippen molar-refractivity contribution in [2.24, 2.45) is 5.92 Å². The summed E-state index contributed by atoms with van der Waals surface area (Å²) in [5, 5.41) is 0. The number of fused-ring (bicyclic) bond motifs is 3. The predicted octanol–water partition coefficient (Wildman–Crippen LogP) is 5.06. The van der Waals surface area contributed by atoms with Crippen molar-refractivity contribution in [1.82, 2.24) is 9.55 Å². The second-order valence-corrected chi connectivity index (χ2v) is 6.59. The topological polar surface area (TPSA) is 17.8 Å². The van der Waals surface area contributed by atoms with Crippen LogP contribution in [0.1, 0.15) is 50.1 Å². The minimum Gasteiger partial charge on any atom is -0.323 e. The lowest BCUT2D eigenvalue weighted by Crippen LogP contribution is -2.32. The van der Waals surface area contributed by atoms with Gasteiger partial charge < -0.3 is 4.57 Å². The first-order valence-electron chi connectivity index (χ1n) is 8.16. The van der Waals surface area contributed by atoms with Gasteiger partial charge in [0.05, 0.1) is 24.3 Å². The maximum absolute atomic E-state index is 14.8. The third kappa shape index (κ3) is 2.16. The van der Waals surface area contributed by atoms with Crippen LogP contribution < -0.4 is 0 Å². The first kappa shape index (κ1) is 13.9. The van der Waals surface area contributed by atoms with E-state index in [4.69, 9.17) is 0 Å². The largest absolute Gasteiger partial charge is 0.323 e. The van der Waals surface area contributed by atoms with Gasteiger partial charge in [-0.2, -0.15) is 0 Å². The highest BCUT2D eigenvalue weighted by Gasteiger charge is 2.44. The van der Waals surface area contributed by atoms with Crippen LogP contribution in [0, 0.1) is 5.92 Å². The summed E-state index contributed by atoms with van der Waals surface area (Å²) in [6.07, 6.45) is 7.67. The van der Waals surface area contributed by atoms with Gasteiger partial charge in [-0.05, 0) is 18.4 Å². The summed E-state index contributed by atoms with van der Waals surface area (Å²) in [5.74, 6) is -3.06. The van der Waals surface area contributed by atoms with Crippen LogP contribution in [0.15, 0.2) is 36.8 Å². The molecule has 0 bridgehead atoms. The van der Waals surface area contributed by atoms with Crippen molar-refractivity contribution in [3.8, 4) is 11.3 Å². The smallest absolute Gasteiger partial charge is 0.253 e. The van der Waals surface area contributed by atoms with Crippen molar-refractivity contribution < 1.29 is 8.78 Å². The summed E-state index contributed by atoms with van der Waals surface area (Å²) in [4.78, 5) is 4.15. The number of imidazole rings is 1. The molecule has 1 fully saturated rings. The molecule has 4 rings (SSSR count). The third-order valence-corrected chi connectivity index (χ3v) is 5.27. The van der Waals surface area contributed by atoms with Gasteiger partial charge in [0.15, 0.2) is 0 Å². The van der Waals surface area contributed by atoms with E-state index in [1.807, 2.05) is 28.8 Å². The third-order valence-electron chi connectivity index (χ3n) is 5.27. The molecule has 1 saturated carbocycles. The van der Waals surface area contributed by atoms with E-state index < -0.39 is 11.8 Å². The molecule has 0 N–H and O–H groups in total. The molecule has 2 heterocycles. The number of halogens is 2. The molecule has 2 aliphatic rings. The molecule has 2 aromatic rings. The van der Waals surface area contributed by atoms with E-state index in [0.717, 1.165) is 36.1 Å². The standard InChI is InChI=1S/C18H20F2N2/c19-18(20,13-6-2-1-3-7-13)10-16-14-8-4-5-9-15(14)17-11-21-12-22(16)17/h4-5,8-9,11-13,16H,1-3,6-7,10H2/t16-/m1/s1. The molecular formula is C18H20F2N2. The van der Waals surface area contributed by atoms with E-state index in [1.165, 1.54) is 0 Å². The van der Waals surface area contributed by atoms with Gasteiger partial charge in [-0.3, -0.25) is 0 Å². The van der Waals surface area contributed by atoms with Crippen LogP contribution in [-0.2, 0) is 0 Å². The second kappa shape index (κ2) is 5.18. The first-order valence-corrected chi connectivity index (χ1v) is 8.16. The Hall–Kier alpha value is -1.71. The number of benzene rings is 1. The summed E-state index contributed by atoms with van der Waals surface area (Å²) in [6.45, 7) is 0. The van der Waals surface area contributed by atoms with Gasteiger partial charge in [0.25, 0.3) is 5.92 Å². The molecule has 4 heteroatoms. The first-order chi connectivity index (χ1) is 10.7. The van der Waals surface area contributed by atoms with Gasteiger partial charge >= 0.3 is 0 Å². The lowest BCUT2D eigenvalue weighted by molar-refractivity contribution is -0.0836. The Bertz CT molecular complexity index is 671. The van der Waals surface area contributed by atoms with Crippen molar-refractivity contribution in [3.63, 3.8) is 0 Å². The minimum absolute atomic E-state index is 0.113. The van der Waals surface area contributed by atoms with Crippen molar-refractivity contribution in [2.45, 2.75) is 50.5 Å². The van der Waals surface area contributed by atoms with Crippen molar-refractivity contribution in [1.29, 1.82) is 0 Å². The molecule has 2 nitrogen and oxygen atoms in total. The quantitative estimate of drug-likeness (QED) is 0.775. The zero-order chi connectivity index (χ0) is 15.2. The molecule has 0 amide bonds. The minimum atomic E-state index is -2.61. The van der Waals surface area contributed by atoms with Gasteiger partial charge in [0.2, 0.25) is 0 Å². The molecule has 0 unspecified atom stereocenters. The Morgan fingerprint density at radius 3 is 2.73 bits per heavy atom. The molecular weight excluding hydrogens is 282 g/mol. The number of rotatable bonds is 3. The molecule has 0 radical (unpaired) electrons. The van der Waals surface area contributed by atoms with E-state index in [9.17, 15) is 8.78 Å². The molecule has 1 atom stereocenters. The van der Waals surface area contributed by atoms with E-state index in [-0.39, 0.29) is 12.5 Å². The summed E-state index contributed by atoms with van der Waals surface area (Å²) < 4.78 is 31.6. The normalized spacial score (nSPS) is 21.6. The zero-order valence-corrected chi connectivity index (χ0v) is 12.5. The zero-order valence-electron chi connectivity index (χ0n) is 12.5. The lowest BCUT2D eigenvalue weighted by atomic mass is 9.81. The molecule has 116 valence electrons. The SMILES string of the molecule is FC(F)(C[C@@H]1c2ccccc2-c2cncn21)C1CCCCC1. The van der Waals surface area contributed by atoms with Gasteiger partial charge in [-0.15, -0.1) is 0 Å². The highest BCUT2D eigenvalue weighted by Crippen LogP contribution is 2.47. The van der Waals surface area contributed by atoms with Crippen LogP contribution in [0.2, 0.25) is 0 Å². The van der Waals surface area contributed by atoms with Gasteiger partial charge in [0.1, 0.15) is 0 Å². The maximum Gasteiger partial charge on any atom is 0.253 e. The van der Waals surface area contributed by atoms with Crippen LogP contribution in [0.3, 0.4) is 0 Å². The predicted molar refractivity (Wildman–Crippen MR) is 81.9 cm³/mol. The van der Waals surface area contributed by atoms with Crippen LogP contribution in [0.4, 0.5) is 8.78 Å². The molecule has 0 spiro atoms. The number of nitrogens with zero attached hydrogens (tertiary/aromatic N) is 2. The molecule has 1 aliphatic heterocycles. The average molecular weight is 302 g/mol. The fourth-order valence-electron chi connectivity index (χ4n) is 4.09. The Labute approximate surface area is 129 Å². The number of hydrogen-bond acceptors (Lipinski definition) is 1. The Morgan fingerprint density at radius 1 is 1.14 bits per heavy atom. The Kier molecular flexibility index (Phi) is 3.28. The summed E-state index contributed by atoms with van der Waals surface area (Å²) >= 11 is 0. The monoisotopic (exact) mass is 302 g/mol.